The number of hydrogen-bond donors (Lipinski definition) is 1. The average Bonchev–Trinajstić information content (AvgIpc) is 2.26. The number of ether oxygens (including phenoxy) is 1. The van der Waals surface area contributed by atoms with Crippen molar-refractivity contribution in [2.24, 2.45) is 5.41 Å². The van der Waals surface area contributed by atoms with Crippen LogP contribution in [-0.4, -0.2) is 49.7 Å². The van der Waals surface area contributed by atoms with Gasteiger partial charge in [0.15, 0.2) is 0 Å². The van der Waals surface area contributed by atoms with Gasteiger partial charge in [-0.15, -0.1) is 0 Å². The van der Waals surface area contributed by atoms with Crippen molar-refractivity contribution in [2.45, 2.75) is 53.1 Å². The maximum Gasteiger partial charge on any atom is 0.327 e. The van der Waals surface area contributed by atoms with Gasteiger partial charge in [0.25, 0.3) is 0 Å². The quantitative estimate of drug-likeness (QED) is 0.739. The molecule has 4 heteroatoms. The molecule has 2 atom stereocenters. The fourth-order valence-corrected chi connectivity index (χ4v) is 1.83. The van der Waals surface area contributed by atoms with Crippen LogP contribution in [0.25, 0.3) is 0 Å². The van der Waals surface area contributed by atoms with Crippen LogP contribution in [0.4, 0.5) is 0 Å². The molecule has 1 N–H and O–H groups in total. The van der Waals surface area contributed by atoms with E-state index < -0.39 is 5.54 Å². The smallest absolute Gasteiger partial charge is 0.327 e. The van der Waals surface area contributed by atoms with Crippen LogP contribution < -0.4 is 5.32 Å². The number of esters is 1. The average molecular weight is 258 g/mol. The van der Waals surface area contributed by atoms with Gasteiger partial charge in [-0.25, -0.2) is 0 Å². The molecule has 0 aromatic carbocycles. The van der Waals surface area contributed by atoms with E-state index in [9.17, 15) is 4.79 Å². The zero-order chi connectivity index (χ0) is 14.6. The second kappa shape index (κ2) is 6.53. The Bertz CT molecular complexity index is 273. The van der Waals surface area contributed by atoms with E-state index in [0.29, 0.717) is 19.2 Å². The first-order valence-electron chi connectivity index (χ1n) is 6.65. The van der Waals surface area contributed by atoms with Gasteiger partial charge in [0, 0.05) is 12.6 Å². The SMILES string of the molecule is CCOC(=O)C(C)(CN(C)C(C)C(C)(C)C)NC. The summed E-state index contributed by atoms with van der Waals surface area (Å²) >= 11 is 0. The number of nitrogens with zero attached hydrogens (tertiary/aromatic N) is 1. The molecule has 0 aliphatic carbocycles. The lowest BCUT2D eigenvalue weighted by Crippen LogP contribution is -2.58. The molecule has 0 saturated carbocycles. The van der Waals surface area contributed by atoms with Gasteiger partial charge in [-0.05, 0) is 40.3 Å². The summed E-state index contributed by atoms with van der Waals surface area (Å²) in [6.45, 7) is 13.5. The summed E-state index contributed by atoms with van der Waals surface area (Å²) in [6, 6.07) is 0.375. The molecule has 0 aliphatic heterocycles. The van der Waals surface area contributed by atoms with Gasteiger partial charge in [0.2, 0.25) is 0 Å². The van der Waals surface area contributed by atoms with Gasteiger partial charge in [0.05, 0.1) is 6.61 Å². The topological polar surface area (TPSA) is 41.6 Å². The van der Waals surface area contributed by atoms with Crippen LogP contribution in [0.15, 0.2) is 0 Å². The van der Waals surface area contributed by atoms with Gasteiger partial charge < -0.3 is 15.0 Å². The molecule has 0 radical (unpaired) electrons. The Morgan fingerprint density at radius 1 is 1.33 bits per heavy atom. The van der Waals surface area contributed by atoms with Crippen molar-refractivity contribution in [2.75, 3.05) is 27.2 Å². The van der Waals surface area contributed by atoms with Crippen LogP contribution in [-0.2, 0) is 9.53 Å². The standard InChI is InChI=1S/C14H30N2O2/c1-9-18-12(17)14(6,15-7)10-16(8)11(2)13(3,4)5/h11,15H,9-10H2,1-8H3. The van der Waals surface area contributed by atoms with E-state index in [-0.39, 0.29) is 11.4 Å². The Kier molecular flexibility index (Phi) is 6.30. The van der Waals surface area contributed by atoms with Gasteiger partial charge in [-0.2, -0.15) is 0 Å². The minimum atomic E-state index is -0.662. The third-order valence-electron chi connectivity index (χ3n) is 3.76. The van der Waals surface area contributed by atoms with Crippen molar-refractivity contribution >= 4 is 5.97 Å². The summed E-state index contributed by atoms with van der Waals surface area (Å²) in [5.41, 5.74) is -0.484. The third-order valence-corrected chi connectivity index (χ3v) is 3.76. The zero-order valence-corrected chi connectivity index (χ0v) is 13.3. The van der Waals surface area contributed by atoms with E-state index in [0.717, 1.165) is 0 Å². The summed E-state index contributed by atoms with van der Waals surface area (Å²) in [5, 5.41) is 3.08. The van der Waals surface area contributed by atoms with Crippen LogP contribution in [0.5, 0.6) is 0 Å². The molecule has 0 amide bonds. The molecule has 0 aromatic heterocycles. The Labute approximate surface area is 112 Å². The monoisotopic (exact) mass is 258 g/mol. The van der Waals surface area contributed by atoms with Crippen molar-refractivity contribution in [3.05, 3.63) is 0 Å². The number of carbonyl (C=O) groups excluding carboxylic acids is 1. The van der Waals surface area contributed by atoms with Crippen LogP contribution in [0.3, 0.4) is 0 Å². The Morgan fingerprint density at radius 3 is 2.17 bits per heavy atom. The molecule has 2 unspecified atom stereocenters. The van der Waals surface area contributed by atoms with Crippen molar-refractivity contribution in [3.8, 4) is 0 Å². The van der Waals surface area contributed by atoms with E-state index in [1.54, 1.807) is 7.05 Å². The highest BCUT2D eigenvalue weighted by atomic mass is 16.5. The number of rotatable bonds is 6. The van der Waals surface area contributed by atoms with E-state index in [4.69, 9.17) is 4.74 Å². The van der Waals surface area contributed by atoms with Gasteiger partial charge in [0.1, 0.15) is 5.54 Å². The lowest BCUT2D eigenvalue weighted by Gasteiger charge is -2.39. The van der Waals surface area contributed by atoms with Crippen LogP contribution in [0.1, 0.15) is 41.5 Å². The Balaban J connectivity index is 4.77. The van der Waals surface area contributed by atoms with Crippen LogP contribution >= 0.6 is 0 Å². The van der Waals surface area contributed by atoms with Crippen LogP contribution in [0.2, 0.25) is 0 Å². The highest BCUT2D eigenvalue weighted by Gasteiger charge is 2.36. The summed E-state index contributed by atoms with van der Waals surface area (Å²) < 4.78 is 5.14. The van der Waals surface area contributed by atoms with E-state index in [1.807, 2.05) is 20.9 Å². The Hall–Kier alpha value is -0.610. The predicted molar refractivity (Wildman–Crippen MR) is 75.6 cm³/mol. The fraction of sp³-hybridized carbons (Fsp3) is 0.929. The Morgan fingerprint density at radius 2 is 1.83 bits per heavy atom. The summed E-state index contributed by atoms with van der Waals surface area (Å²) in [4.78, 5) is 14.2. The second-order valence-electron chi connectivity index (χ2n) is 6.26. The molecule has 0 aliphatic rings. The molecule has 0 spiro atoms. The lowest BCUT2D eigenvalue weighted by atomic mass is 9.86. The maximum absolute atomic E-state index is 12.0. The molecule has 4 nitrogen and oxygen atoms in total. The van der Waals surface area contributed by atoms with Crippen molar-refractivity contribution < 1.29 is 9.53 Å². The van der Waals surface area contributed by atoms with E-state index >= 15 is 0 Å². The first kappa shape index (κ1) is 17.4. The fourth-order valence-electron chi connectivity index (χ4n) is 1.83. The number of carbonyl (C=O) groups is 1. The van der Waals surface area contributed by atoms with Gasteiger partial charge >= 0.3 is 5.97 Å². The summed E-state index contributed by atoms with van der Waals surface area (Å²) in [6.07, 6.45) is 0. The van der Waals surface area contributed by atoms with E-state index in [1.165, 1.54) is 0 Å². The predicted octanol–water partition coefficient (Wildman–Crippen LogP) is 1.89. The van der Waals surface area contributed by atoms with Gasteiger partial charge in [-0.3, -0.25) is 4.79 Å². The van der Waals surface area contributed by atoms with Gasteiger partial charge in [-0.1, -0.05) is 20.8 Å². The molecule has 0 rings (SSSR count). The highest BCUT2D eigenvalue weighted by molar-refractivity contribution is 5.80. The van der Waals surface area contributed by atoms with Crippen molar-refractivity contribution in [3.63, 3.8) is 0 Å². The highest BCUT2D eigenvalue weighted by Crippen LogP contribution is 2.24. The molecule has 0 saturated heterocycles. The zero-order valence-electron chi connectivity index (χ0n) is 13.3. The van der Waals surface area contributed by atoms with E-state index in [2.05, 4.69) is 37.9 Å². The number of nitrogens with one attached hydrogen (secondary N) is 1. The van der Waals surface area contributed by atoms with Crippen molar-refractivity contribution in [1.29, 1.82) is 0 Å². The molecule has 108 valence electrons. The molecule has 0 heterocycles. The minimum absolute atomic E-state index is 0.179. The number of likely N-dealkylation sites (N-methyl/N-ethyl adjacent to an activating group) is 2. The maximum atomic E-state index is 12.0. The summed E-state index contributed by atoms with van der Waals surface area (Å²) in [5.74, 6) is -0.194. The normalized spacial score (nSPS) is 17.4. The molecule has 0 aromatic rings. The first-order valence-corrected chi connectivity index (χ1v) is 6.65. The lowest BCUT2D eigenvalue weighted by molar-refractivity contribution is -0.151. The molecular formula is C14H30N2O2. The first-order chi connectivity index (χ1) is 8.08. The van der Waals surface area contributed by atoms with Crippen LogP contribution in [0, 0.1) is 5.41 Å². The minimum Gasteiger partial charge on any atom is -0.465 e. The molecule has 0 bridgehead atoms. The molecular weight excluding hydrogens is 228 g/mol. The number of hydrogen-bond acceptors (Lipinski definition) is 4. The largest absolute Gasteiger partial charge is 0.465 e. The molecule has 18 heavy (non-hydrogen) atoms. The summed E-state index contributed by atoms with van der Waals surface area (Å²) in [7, 11) is 3.84. The second-order valence-corrected chi connectivity index (χ2v) is 6.26. The molecule has 0 fully saturated rings. The third kappa shape index (κ3) is 4.58. The van der Waals surface area contributed by atoms with Crippen molar-refractivity contribution in [1.82, 2.24) is 10.2 Å².